The highest BCUT2D eigenvalue weighted by molar-refractivity contribution is 5.77. The van der Waals surface area contributed by atoms with Crippen LogP contribution >= 0.6 is 0 Å². The number of hydrogen-bond acceptors (Lipinski definition) is 4. The molecule has 0 aromatic rings. The number of likely N-dealkylation sites (tertiary alicyclic amines) is 2. The van der Waals surface area contributed by atoms with Crippen LogP contribution in [0.2, 0.25) is 0 Å². The second-order valence-corrected chi connectivity index (χ2v) is 7.44. The van der Waals surface area contributed by atoms with Crippen LogP contribution < -0.4 is 0 Å². The quantitative estimate of drug-likeness (QED) is 0.752. The van der Waals surface area contributed by atoms with Gasteiger partial charge < -0.3 is 9.64 Å². The van der Waals surface area contributed by atoms with Crippen molar-refractivity contribution in [1.29, 1.82) is 0 Å². The molecule has 0 aromatic heterocycles. The zero-order chi connectivity index (χ0) is 14.9. The van der Waals surface area contributed by atoms with Gasteiger partial charge in [0.25, 0.3) is 0 Å². The van der Waals surface area contributed by atoms with Gasteiger partial charge in [-0.15, -0.1) is 0 Å². The lowest BCUT2D eigenvalue weighted by atomic mass is 9.96. The summed E-state index contributed by atoms with van der Waals surface area (Å²) in [4.78, 5) is 19.8. The van der Waals surface area contributed by atoms with E-state index < -0.39 is 0 Å². The van der Waals surface area contributed by atoms with Crippen LogP contribution in [0, 0.1) is 5.92 Å². The maximum absolute atomic E-state index is 12.4. The van der Waals surface area contributed by atoms with Gasteiger partial charge in [0, 0.05) is 57.8 Å². The third-order valence-electron chi connectivity index (χ3n) is 5.95. The van der Waals surface area contributed by atoms with E-state index >= 15 is 0 Å². The van der Waals surface area contributed by atoms with Crippen molar-refractivity contribution >= 4 is 5.91 Å². The standard InChI is InChI=1S/C17H29N3O2/c21-17-4-3-15-16(5-6-19(15)13-14-1-2-14)20(17)8-7-18-9-11-22-12-10-18/h14-16H,1-13H2/t15-,16-/m1/s1. The number of morpholine rings is 1. The first-order chi connectivity index (χ1) is 10.8. The number of rotatable bonds is 5. The molecule has 1 aliphatic carbocycles. The van der Waals surface area contributed by atoms with E-state index in [1.54, 1.807) is 0 Å². The van der Waals surface area contributed by atoms with E-state index in [0.29, 0.717) is 18.0 Å². The molecule has 0 bridgehead atoms. The fraction of sp³-hybridized carbons (Fsp3) is 0.941. The van der Waals surface area contributed by atoms with E-state index in [9.17, 15) is 4.79 Å². The summed E-state index contributed by atoms with van der Waals surface area (Å²) >= 11 is 0. The second kappa shape index (κ2) is 6.46. The molecule has 0 spiro atoms. The monoisotopic (exact) mass is 307 g/mol. The van der Waals surface area contributed by atoms with Crippen molar-refractivity contribution in [2.75, 3.05) is 52.5 Å². The highest BCUT2D eigenvalue weighted by atomic mass is 16.5. The van der Waals surface area contributed by atoms with E-state index in [4.69, 9.17) is 4.74 Å². The Bertz CT molecular complexity index is 407. The molecule has 5 heteroatoms. The summed E-state index contributed by atoms with van der Waals surface area (Å²) in [6, 6.07) is 1.13. The number of carbonyl (C=O) groups excluding carboxylic acids is 1. The molecule has 4 rings (SSSR count). The Hall–Kier alpha value is -0.650. The second-order valence-electron chi connectivity index (χ2n) is 7.44. The molecule has 0 N–H and O–H groups in total. The molecule has 3 aliphatic heterocycles. The molecule has 1 saturated carbocycles. The Morgan fingerprint density at radius 1 is 0.955 bits per heavy atom. The van der Waals surface area contributed by atoms with Crippen molar-refractivity contribution in [3.05, 3.63) is 0 Å². The van der Waals surface area contributed by atoms with Crippen LogP contribution in [-0.4, -0.2) is 85.2 Å². The normalized spacial score (nSPS) is 34.2. The van der Waals surface area contributed by atoms with Crippen LogP contribution in [0.4, 0.5) is 0 Å². The summed E-state index contributed by atoms with van der Waals surface area (Å²) < 4.78 is 5.41. The van der Waals surface area contributed by atoms with E-state index in [1.165, 1.54) is 32.4 Å². The summed E-state index contributed by atoms with van der Waals surface area (Å²) in [5.74, 6) is 1.35. The summed E-state index contributed by atoms with van der Waals surface area (Å²) in [5.41, 5.74) is 0. The van der Waals surface area contributed by atoms with Gasteiger partial charge >= 0.3 is 0 Å². The lowest BCUT2D eigenvalue weighted by Gasteiger charge is -2.41. The predicted molar refractivity (Wildman–Crippen MR) is 84.7 cm³/mol. The summed E-state index contributed by atoms with van der Waals surface area (Å²) in [7, 11) is 0. The molecular weight excluding hydrogens is 278 g/mol. The van der Waals surface area contributed by atoms with Gasteiger partial charge in [0.1, 0.15) is 0 Å². The molecule has 124 valence electrons. The Kier molecular flexibility index (Phi) is 4.38. The Morgan fingerprint density at radius 3 is 2.55 bits per heavy atom. The largest absolute Gasteiger partial charge is 0.379 e. The minimum atomic E-state index is 0.391. The molecule has 1 amide bonds. The maximum Gasteiger partial charge on any atom is 0.222 e. The number of amides is 1. The lowest BCUT2D eigenvalue weighted by Crippen LogP contribution is -2.54. The van der Waals surface area contributed by atoms with E-state index in [2.05, 4.69) is 14.7 Å². The summed E-state index contributed by atoms with van der Waals surface area (Å²) in [5, 5.41) is 0. The van der Waals surface area contributed by atoms with Crippen LogP contribution in [0.25, 0.3) is 0 Å². The highest BCUT2D eigenvalue weighted by Gasteiger charge is 2.44. The zero-order valence-electron chi connectivity index (χ0n) is 13.6. The number of piperidine rings is 1. The van der Waals surface area contributed by atoms with Crippen molar-refractivity contribution < 1.29 is 9.53 Å². The van der Waals surface area contributed by atoms with Crippen molar-refractivity contribution in [2.45, 2.75) is 44.2 Å². The predicted octanol–water partition coefficient (Wildman–Crippen LogP) is 0.794. The average Bonchev–Trinajstić information content (AvgIpc) is 3.27. The van der Waals surface area contributed by atoms with Gasteiger partial charge in [0.2, 0.25) is 5.91 Å². The van der Waals surface area contributed by atoms with Crippen molar-refractivity contribution in [2.24, 2.45) is 5.92 Å². The number of fused-ring (bicyclic) bond motifs is 1. The van der Waals surface area contributed by atoms with E-state index in [-0.39, 0.29) is 0 Å². The van der Waals surface area contributed by atoms with Crippen LogP contribution in [0.5, 0.6) is 0 Å². The fourth-order valence-electron chi connectivity index (χ4n) is 4.46. The lowest BCUT2D eigenvalue weighted by molar-refractivity contribution is -0.138. The SMILES string of the molecule is O=C1CC[C@@H]2[C@@H](CCN2CC2CC2)N1CCN1CCOCC1. The topological polar surface area (TPSA) is 36.0 Å². The Balaban J connectivity index is 1.34. The fourth-order valence-corrected chi connectivity index (χ4v) is 4.46. The molecule has 4 aliphatic rings. The first-order valence-electron chi connectivity index (χ1n) is 9.15. The van der Waals surface area contributed by atoms with Crippen molar-refractivity contribution in [1.82, 2.24) is 14.7 Å². The molecule has 0 radical (unpaired) electrons. The third kappa shape index (κ3) is 3.17. The van der Waals surface area contributed by atoms with Gasteiger partial charge in [-0.1, -0.05) is 0 Å². The van der Waals surface area contributed by atoms with Gasteiger partial charge in [-0.3, -0.25) is 14.6 Å². The Labute approximate surface area is 133 Å². The minimum Gasteiger partial charge on any atom is -0.379 e. The smallest absolute Gasteiger partial charge is 0.222 e. The average molecular weight is 307 g/mol. The van der Waals surface area contributed by atoms with Gasteiger partial charge in [-0.25, -0.2) is 0 Å². The first-order valence-corrected chi connectivity index (χ1v) is 9.15. The molecule has 4 fully saturated rings. The van der Waals surface area contributed by atoms with Gasteiger partial charge in [0.15, 0.2) is 0 Å². The van der Waals surface area contributed by atoms with Crippen LogP contribution in [0.1, 0.15) is 32.1 Å². The summed E-state index contributed by atoms with van der Waals surface area (Å²) in [6.45, 7) is 8.14. The third-order valence-corrected chi connectivity index (χ3v) is 5.95. The number of ether oxygens (including phenoxy) is 1. The minimum absolute atomic E-state index is 0.391. The number of carbonyl (C=O) groups is 1. The van der Waals surface area contributed by atoms with Crippen LogP contribution in [-0.2, 0) is 9.53 Å². The highest BCUT2D eigenvalue weighted by Crippen LogP contribution is 2.36. The molecule has 5 nitrogen and oxygen atoms in total. The van der Waals surface area contributed by atoms with Gasteiger partial charge in [-0.2, -0.15) is 0 Å². The van der Waals surface area contributed by atoms with Gasteiger partial charge in [0.05, 0.1) is 13.2 Å². The molecule has 3 heterocycles. The molecular formula is C17H29N3O2. The van der Waals surface area contributed by atoms with Crippen molar-refractivity contribution in [3.8, 4) is 0 Å². The van der Waals surface area contributed by atoms with E-state index in [0.717, 1.165) is 58.2 Å². The first kappa shape index (κ1) is 14.9. The number of hydrogen-bond donors (Lipinski definition) is 0. The maximum atomic E-state index is 12.4. The molecule has 0 unspecified atom stereocenters. The number of nitrogens with zero attached hydrogens (tertiary/aromatic N) is 3. The molecule has 22 heavy (non-hydrogen) atoms. The van der Waals surface area contributed by atoms with Crippen LogP contribution in [0.15, 0.2) is 0 Å². The zero-order valence-corrected chi connectivity index (χ0v) is 13.6. The Morgan fingerprint density at radius 2 is 1.77 bits per heavy atom. The van der Waals surface area contributed by atoms with E-state index in [1.807, 2.05) is 0 Å². The summed E-state index contributed by atoms with van der Waals surface area (Å²) in [6.07, 6.45) is 5.88. The molecule has 3 saturated heterocycles. The van der Waals surface area contributed by atoms with Crippen LogP contribution in [0.3, 0.4) is 0 Å². The molecule has 0 aromatic carbocycles. The molecule has 2 atom stereocenters. The van der Waals surface area contributed by atoms with Crippen molar-refractivity contribution in [3.63, 3.8) is 0 Å². The van der Waals surface area contributed by atoms with Gasteiger partial charge in [-0.05, 0) is 31.6 Å².